The molecule has 4 aromatic carbocycles. The molecule has 4 nitrogen and oxygen atoms in total. The second-order valence-corrected chi connectivity index (χ2v) is 8.14. The average molecular weight is 398 g/mol. The van der Waals surface area contributed by atoms with Crippen molar-refractivity contribution in [3.8, 4) is 11.1 Å². The Kier molecular flexibility index (Phi) is 4.15. The van der Waals surface area contributed by atoms with E-state index >= 15 is 0 Å². The van der Waals surface area contributed by atoms with E-state index in [1.807, 2.05) is 48.5 Å². The molecule has 4 aromatic rings. The normalized spacial score (nSPS) is 22.2. The molecule has 2 N–H and O–H groups in total. The fraction of sp³-hybridized carbons (Fsp3) is 0.231. The Balaban J connectivity index is 1.73. The van der Waals surface area contributed by atoms with Crippen LogP contribution in [0.1, 0.15) is 23.3 Å². The summed E-state index contributed by atoms with van der Waals surface area (Å²) in [6, 6.07) is 24.5. The van der Waals surface area contributed by atoms with Crippen molar-refractivity contribution in [2.75, 3.05) is 13.2 Å². The number of hydrogen-bond donors (Lipinski definition) is 2. The van der Waals surface area contributed by atoms with Crippen LogP contribution in [0.3, 0.4) is 0 Å². The molecule has 6 rings (SSSR count). The molecule has 0 bridgehead atoms. The van der Waals surface area contributed by atoms with Gasteiger partial charge in [0, 0.05) is 0 Å². The quantitative estimate of drug-likeness (QED) is 0.485. The van der Waals surface area contributed by atoms with Gasteiger partial charge in [0.15, 0.2) is 0 Å². The third-order valence-corrected chi connectivity index (χ3v) is 6.23. The fourth-order valence-electron chi connectivity index (χ4n) is 4.50. The minimum absolute atomic E-state index is 0.181. The zero-order chi connectivity index (χ0) is 20.2. The molecule has 150 valence electrons. The second kappa shape index (κ2) is 6.89. The summed E-state index contributed by atoms with van der Waals surface area (Å²) in [7, 11) is 0. The molecule has 2 fully saturated rings. The van der Waals surface area contributed by atoms with E-state index in [1.54, 1.807) is 0 Å². The molecular weight excluding hydrogens is 376 g/mol. The third-order valence-electron chi connectivity index (χ3n) is 6.23. The predicted octanol–water partition coefficient (Wildman–Crippen LogP) is 4.52. The number of rotatable bonds is 5. The summed E-state index contributed by atoms with van der Waals surface area (Å²) in [6.45, 7) is 1.13. The van der Waals surface area contributed by atoms with Crippen molar-refractivity contribution in [1.82, 2.24) is 0 Å². The van der Waals surface area contributed by atoms with E-state index in [2.05, 4.69) is 24.3 Å². The molecule has 4 unspecified atom stereocenters. The molecule has 0 amide bonds. The van der Waals surface area contributed by atoms with Gasteiger partial charge in [-0.3, -0.25) is 0 Å². The highest BCUT2D eigenvalue weighted by atomic mass is 16.6. The molecule has 0 radical (unpaired) electrons. The van der Waals surface area contributed by atoms with Crippen LogP contribution in [0.4, 0.5) is 0 Å². The summed E-state index contributed by atoms with van der Waals surface area (Å²) in [5, 5.41) is 26.4. The van der Waals surface area contributed by atoms with E-state index < -0.39 is 12.2 Å². The SMILES string of the molecule is OC(c1ccc2ccccc2c1-c1c(C(O)C2CO2)ccc2ccccc12)C1CO1. The minimum Gasteiger partial charge on any atom is -0.386 e. The van der Waals surface area contributed by atoms with Crippen LogP contribution >= 0.6 is 0 Å². The van der Waals surface area contributed by atoms with Gasteiger partial charge in [-0.05, 0) is 43.8 Å². The number of aliphatic hydroxyl groups excluding tert-OH is 2. The van der Waals surface area contributed by atoms with Gasteiger partial charge >= 0.3 is 0 Å². The first-order valence-corrected chi connectivity index (χ1v) is 10.4. The van der Waals surface area contributed by atoms with Gasteiger partial charge in [-0.15, -0.1) is 0 Å². The topological polar surface area (TPSA) is 65.5 Å². The monoisotopic (exact) mass is 398 g/mol. The van der Waals surface area contributed by atoms with E-state index in [0.717, 1.165) is 43.8 Å². The number of fused-ring (bicyclic) bond motifs is 2. The molecule has 2 aliphatic heterocycles. The molecule has 0 saturated carbocycles. The maximum absolute atomic E-state index is 11.1. The Bertz CT molecular complexity index is 1160. The largest absolute Gasteiger partial charge is 0.386 e. The van der Waals surface area contributed by atoms with Crippen molar-refractivity contribution >= 4 is 21.5 Å². The van der Waals surface area contributed by atoms with E-state index in [4.69, 9.17) is 9.47 Å². The van der Waals surface area contributed by atoms with Crippen molar-refractivity contribution in [3.05, 3.63) is 83.9 Å². The second-order valence-electron chi connectivity index (χ2n) is 8.14. The van der Waals surface area contributed by atoms with E-state index in [-0.39, 0.29) is 12.2 Å². The van der Waals surface area contributed by atoms with Crippen LogP contribution < -0.4 is 0 Å². The molecule has 4 heteroatoms. The van der Waals surface area contributed by atoms with Crippen molar-refractivity contribution in [2.24, 2.45) is 0 Å². The van der Waals surface area contributed by atoms with Gasteiger partial charge in [-0.1, -0.05) is 72.8 Å². The first-order valence-electron chi connectivity index (χ1n) is 10.4. The van der Waals surface area contributed by atoms with Crippen molar-refractivity contribution in [3.63, 3.8) is 0 Å². The van der Waals surface area contributed by atoms with Gasteiger partial charge in [0.1, 0.15) is 24.4 Å². The molecule has 30 heavy (non-hydrogen) atoms. The summed E-state index contributed by atoms with van der Waals surface area (Å²) >= 11 is 0. The van der Waals surface area contributed by atoms with E-state index in [0.29, 0.717) is 13.2 Å². The number of hydrogen-bond acceptors (Lipinski definition) is 4. The Morgan fingerprint density at radius 1 is 0.600 bits per heavy atom. The number of ether oxygens (including phenoxy) is 2. The third kappa shape index (κ3) is 2.92. The van der Waals surface area contributed by atoms with Gasteiger partial charge in [0.25, 0.3) is 0 Å². The summed E-state index contributed by atoms with van der Waals surface area (Å²) in [6.07, 6.45) is -1.79. The van der Waals surface area contributed by atoms with Crippen LogP contribution in [-0.4, -0.2) is 35.6 Å². The highest BCUT2D eigenvalue weighted by Crippen LogP contribution is 2.45. The lowest BCUT2D eigenvalue weighted by Crippen LogP contribution is -2.11. The fourth-order valence-corrected chi connectivity index (χ4v) is 4.50. The van der Waals surface area contributed by atoms with Crippen LogP contribution in [0.15, 0.2) is 72.8 Å². The lowest BCUT2D eigenvalue weighted by Gasteiger charge is -2.23. The number of benzene rings is 4. The molecule has 2 heterocycles. The maximum atomic E-state index is 11.1. The van der Waals surface area contributed by atoms with Crippen molar-refractivity contribution < 1.29 is 19.7 Å². The summed E-state index contributed by atoms with van der Waals surface area (Å²) in [5.41, 5.74) is 3.58. The first-order chi connectivity index (χ1) is 14.7. The molecule has 0 aliphatic carbocycles. The average Bonchev–Trinajstić information content (AvgIpc) is 3.70. The van der Waals surface area contributed by atoms with Crippen LogP contribution in [0, 0.1) is 0 Å². The molecule has 0 aromatic heterocycles. The highest BCUT2D eigenvalue weighted by Gasteiger charge is 2.37. The van der Waals surface area contributed by atoms with Crippen molar-refractivity contribution in [2.45, 2.75) is 24.4 Å². The van der Waals surface area contributed by atoms with Crippen LogP contribution in [0.2, 0.25) is 0 Å². The predicted molar refractivity (Wildman–Crippen MR) is 116 cm³/mol. The number of aliphatic hydroxyl groups is 2. The van der Waals surface area contributed by atoms with Gasteiger partial charge < -0.3 is 19.7 Å². The minimum atomic E-state index is -0.717. The van der Waals surface area contributed by atoms with E-state index in [1.165, 1.54) is 0 Å². The molecule has 2 aliphatic rings. The van der Waals surface area contributed by atoms with Crippen molar-refractivity contribution in [1.29, 1.82) is 0 Å². The van der Waals surface area contributed by atoms with Gasteiger partial charge in [0.05, 0.1) is 13.2 Å². The Hall–Kier alpha value is -2.76. The van der Waals surface area contributed by atoms with Crippen LogP contribution in [-0.2, 0) is 9.47 Å². The summed E-state index contributed by atoms with van der Waals surface area (Å²) in [4.78, 5) is 0. The molecule has 0 spiro atoms. The molecular formula is C26H22O4. The first kappa shape index (κ1) is 18.0. The standard InChI is InChI=1S/C26H22O4/c27-25(21-13-29-21)19-11-9-15-5-1-3-7-17(15)23(19)24-18-8-4-2-6-16(18)10-12-20(24)26(28)22-14-30-22/h1-12,21-22,25-28H,13-14H2. The van der Waals surface area contributed by atoms with Gasteiger partial charge in [0.2, 0.25) is 0 Å². The van der Waals surface area contributed by atoms with Crippen LogP contribution in [0.25, 0.3) is 32.7 Å². The summed E-state index contributed by atoms with van der Waals surface area (Å²) < 4.78 is 10.8. The van der Waals surface area contributed by atoms with Gasteiger partial charge in [-0.2, -0.15) is 0 Å². The van der Waals surface area contributed by atoms with E-state index in [9.17, 15) is 10.2 Å². The Labute approximate surface area is 174 Å². The zero-order valence-corrected chi connectivity index (χ0v) is 16.4. The molecule has 2 saturated heterocycles. The lowest BCUT2D eigenvalue weighted by atomic mass is 9.83. The number of epoxide rings is 2. The smallest absolute Gasteiger partial charge is 0.111 e. The Morgan fingerprint density at radius 3 is 1.40 bits per heavy atom. The molecule has 4 atom stereocenters. The van der Waals surface area contributed by atoms with Crippen LogP contribution in [0.5, 0.6) is 0 Å². The Morgan fingerprint density at radius 2 is 1.00 bits per heavy atom. The maximum Gasteiger partial charge on any atom is 0.111 e. The lowest BCUT2D eigenvalue weighted by molar-refractivity contribution is 0.136. The zero-order valence-electron chi connectivity index (χ0n) is 16.4. The summed E-state index contributed by atoms with van der Waals surface area (Å²) in [5.74, 6) is 0. The van der Waals surface area contributed by atoms with Gasteiger partial charge in [-0.25, -0.2) is 0 Å². The highest BCUT2D eigenvalue weighted by molar-refractivity contribution is 6.08.